The Labute approximate surface area is 102 Å². The van der Waals surface area contributed by atoms with Gasteiger partial charge in [0.25, 0.3) is 0 Å². The van der Waals surface area contributed by atoms with E-state index in [0.29, 0.717) is 18.1 Å². The number of hydrogen-bond acceptors (Lipinski definition) is 4. The minimum atomic E-state index is 0.239. The second kappa shape index (κ2) is 4.03. The first-order valence-electron chi connectivity index (χ1n) is 6.31. The molecule has 2 aliphatic rings. The van der Waals surface area contributed by atoms with Crippen molar-refractivity contribution in [2.75, 3.05) is 6.61 Å². The van der Waals surface area contributed by atoms with Crippen molar-refractivity contribution in [3.05, 3.63) is 24.0 Å². The van der Waals surface area contributed by atoms with E-state index < -0.39 is 0 Å². The molecule has 1 aromatic rings. The van der Waals surface area contributed by atoms with E-state index in [9.17, 15) is 0 Å². The number of hydrogen-bond donors (Lipinski definition) is 1. The first kappa shape index (κ1) is 11.1. The van der Waals surface area contributed by atoms with E-state index in [0.717, 1.165) is 18.8 Å². The largest absolute Gasteiger partial charge is 0.377 e. The van der Waals surface area contributed by atoms with E-state index in [4.69, 9.17) is 4.74 Å². The Kier molecular flexibility index (Phi) is 2.64. The molecule has 0 spiro atoms. The van der Waals surface area contributed by atoms with E-state index in [-0.39, 0.29) is 5.41 Å². The number of aromatic nitrogens is 2. The van der Waals surface area contributed by atoms with Crippen LogP contribution in [0.5, 0.6) is 0 Å². The van der Waals surface area contributed by atoms with E-state index >= 15 is 0 Å². The van der Waals surface area contributed by atoms with E-state index in [1.165, 1.54) is 6.42 Å². The maximum Gasteiger partial charge on any atom is 0.0769 e. The third-order valence-corrected chi connectivity index (χ3v) is 4.23. The van der Waals surface area contributed by atoms with Crippen LogP contribution in [-0.4, -0.2) is 29.0 Å². The summed E-state index contributed by atoms with van der Waals surface area (Å²) in [5.41, 5.74) is 1.24. The molecule has 1 aliphatic heterocycles. The zero-order valence-corrected chi connectivity index (χ0v) is 10.4. The first-order valence-corrected chi connectivity index (χ1v) is 6.31. The molecule has 0 amide bonds. The quantitative estimate of drug-likeness (QED) is 0.856. The minimum Gasteiger partial charge on any atom is -0.377 e. The van der Waals surface area contributed by atoms with Gasteiger partial charge >= 0.3 is 0 Å². The number of fused-ring (bicyclic) bond motifs is 1. The smallest absolute Gasteiger partial charge is 0.0769 e. The van der Waals surface area contributed by atoms with Gasteiger partial charge in [-0.25, -0.2) is 0 Å². The van der Waals surface area contributed by atoms with Crippen molar-refractivity contribution >= 4 is 0 Å². The lowest BCUT2D eigenvalue weighted by Gasteiger charge is -2.54. The standard InChI is InChI=1S/C13H19N3O/c1-13(2)11(10-5-7-17-12(10)13)14-8-9-4-3-6-15-16-9/h3-4,6,10-12,14H,5,7-8H2,1-2H3. The van der Waals surface area contributed by atoms with Gasteiger partial charge in [0.1, 0.15) is 0 Å². The highest BCUT2D eigenvalue weighted by Crippen LogP contribution is 2.52. The van der Waals surface area contributed by atoms with E-state index in [1.54, 1.807) is 6.20 Å². The Morgan fingerprint density at radius 2 is 2.41 bits per heavy atom. The molecule has 1 N–H and O–H groups in total. The Balaban J connectivity index is 1.63. The fourth-order valence-corrected chi connectivity index (χ4v) is 3.38. The average Bonchev–Trinajstić information content (AvgIpc) is 2.77. The number of nitrogens with one attached hydrogen (secondary N) is 1. The molecule has 92 valence electrons. The molecule has 0 aromatic carbocycles. The zero-order valence-electron chi connectivity index (χ0n) is 10.4. The summed E-state index contributed by atoms with van der Waals surface area (Å²) in [5, 5.41) is 11.6. The lowest BCUT2D eigenvalue weighted by molar-refractivity contribution is -0.113. The van der Waals surface area contributed by atoms with Crippen LogP contribution in [0.3, 0.4) is 0 Å². The lowest BCUT2D eigenvalue weighted by atomic mass is 9.57. The van der Waals surface area contributed by atoms with Crippen LogP contribution in [0.25, 0.3) is 0 Å². The van der Waals surface area contributed by atoms with Crippen molar-refractivity contribution in [1.29, 1.82) is 0 Å². The van der Waals surface area contributed by atoms with Gasteiger partial charge in [-0.2, -0.15) is 10.2 Å². The fraction of sp³-hybridized carbons (Fsp3) is 0.692. The maximum absolute atomic E-state index is 5.78. The minimum absolute atomic E-state index is 0.239. The van der Waals surface area contributed by atoms with Gasteiger partial charge in [0, 0.05) is 36.7 Å². The topological polar surface area (TPSA) is 47.0 Å². The highest BCUT2D eigenvalue weighted by atomic mass is 16.5. The average molecular weight is 233 g/mol. The molecule has 2 fully saturated rings. The van der Waals surface area contributed by atoms with Gasteiger partial charge in [-0.15, -0.1) is 0 Å². The molecule has 1 aromatic heterocycles. The molecule has 4 nitrogen and oxygen atoms in total. The van der Waals surface area contributed by atoms with Crippen molar-refractivity contribution in [1.82, 2.24) is 15.5 Å². The van der Waals surface area contributed by atoms with Crippen LogP contribution in [0.1, 0.15) is 26.0 Å². The summed E-state index contributed by atoms with van der Waals surface area (Å²) in [6.07, 6.45) is 3.34. The van der Waals surface area contributed by atoms with Crippen molar-refractivity contribution in [2.45, 2.75) is 39.0 Å². The predicted octanol–water partition coefficient (Wildman–Crippen LogP) is 1.38. The Morgan fingerprint density at radius 3 is 3.18 bits per heavy atom. The summed E-state index contributed by atoms with van der Waals surface area (Å²) in [4.78, 5) is 0. The molecule has 3 atom stereocenters. The van der Waals surface area contributed by atoms with Crippen molar-refractivity contribution in [3.8, 4) is 0 Å². The molecule has 0 bridgehead atoms. The molecule has 1 saturated heterocycles. The van der Waals surface area contributed by atoms with Crippen molar-refractivity contribution in [2.24, 2.45) is 11.3 Å². The normalized spacial score (nSPS) is 34.1. The van der Waals surface area contributed by atoms with Crippen LogP contribution in [0.15, 0.2) is 18.3 Å². The zero-order chi connectivity index (χ0) is 11.9. The van der Waals surface area contributed by atoms with Crippen LogP contribution in [0, 0.1) is 11.3 Å². The van der Waals surface area contributed by atoms with Crippen molar-refractivity contribution < 1.29 is 4.74 Å². The molecule has 2 heterocycles. The monoisotopic (exact) mass is 233 g/mol. The molecular formula is C13H19N3O. The molecule has 1 saturated carbocycles. The van der Waals surface area contributed by atoms with Crippen LogP contribution in [-0.2, 0) is 11.3 Å². The lowest BCUT2D eigenvalue weighted by Crippen LogP contribution is -2.65. The molecule has 4 heteroatoms. The SMILES string of the molecule is CC1(C)C(NCc2cccnn2)C2CCOC21. The first-order chi connectivity index (χ1) is 8.19. The summed E-state index contributed by atoms with van der Waals surface area (Å²) >= 11 is 0. The highest BCUT2D eigenvalue weighted by molar-refractivity contribution is 5.12. The predicted molar refractivity (Wildman–Crippen MR) is 64.3 cm³/mol. The number of rotatable bonds is 3. The van der Waals surface area contributed by atoms with Crippen LogP contribution >= 0.6 is 0 Å². The van der Waals surface area contributed by atoms with Gasteiger partial charge < -0.3 is 10.1 Å². The summed E-state index contributed by atoms with van der Waals surface area (Å²) in [6.45, 7) is 6.29. The second-order valence-electron chi connectivity index (χ2n) is 5.64. The summed E-state index contributed by atoms with van der Waals surface area (Å²) in [7, 11) is 0. The molecule has 17 heavy (non-hydrogen) atoms. The summed E-state index contributed by atoms with van der Waals surface area (Å²) in [5.74, 6) is 0.682. The van der Waals surface area contributed by atoms with Gasteiger partial charge in [0.05, 0.1) is 11.8 Å². The molecule has 3 unspecified atom stereocenters. The maximum atomic E-state index is 5.78. The van der Waals surface area contributed by atoms with E-state index in [1.807, 2.05) is 12.1 Å². The van der Waals surface area contributed by atoms with Crippen LogP contribution < -0.4 is 5.32 Å². The Hall–Kier alpha value is -1.00. The second-order valence-corrected chi connectivity index (χ2v) is 5.64. The third-order valence-electron chi connectivity index (χ3n) is 4.23. The molecule has 1 aliphatic carbocycles. The fourth-order valence-electron chi connectivity index (χ4n) is 3.38. The van der Waals surface area contributed by atoms with Gasteiger partial charge in [0.15, 0.2) is 0 Å². The van der Waals surface area contributed by atoms with Gasteiger partial charge in [-0.3, -0.25) is 0 Å². The Bertz CT molecular complexity index is 393. The third kappa shape index (κ3) is 1.76. The Morgan fingerprint density at radius 1 is 1.53 bits per heavy atom. The number of nitrogens with zero attached hydrogens (tertiary/aromatic N) is 2. The van der Waals surface area contributed by atoms with Gasteiger partial charge in [0.2, 0.25) is 0 Å². The summed E-state index contributed by atoms with van der Waals surface area (Å²) < 4.78 is 5.78. The van der Waals surface area contributed by atoms with Crippen LogP contribution in [0.2, 0.25) is 0 Å². The van der Waals surface area contributed by atoms with Crippen molar-refractivity contribution in [3.63, 3.8) is 0 Å². The number of ether oxygens (including phenoxy) is 1. The molecule has 3 rings (SSSR count). The van der Waals surface area contributed by atoms with Gasteiger partial charge in [-0.1, -0.05) is 13.8 Å². The highest BCUT2D eigenvalue weighted by Gasteiger charge is 2.58. The molecule has 0 radical (unpaired) electrons. The summed E-state index contributed by atoms with van der Waals surface area (Å²) in [6, 6.07) is 4.48. The molecular weight excluding hydrogens is 214 g/mol. The van der Waals surface area contributed by atoms with Crippen LogP contribution in [0.4, 0.5) is 0 Å². The van der Waals surface area contributed by atoms with Gasteiger partial charge in [-0.05, 0) is 18.6 Å². The van der Waals surface area contributed by atoms with E-state index in [2.05, 4.69) is 29.4 Å².